The van der Waals surface area contributed by atoms with Crippen molar-refractivity contribution in [3.8, 4) is 22.3 Å². The molecular formula is C54H31NO3S. The molecule has 9 aromatic carbocycles. The monoisotopic (exact) mass is 773 g/mol. The van der Waals surface area contributed by atoms with Crippen LogP contribution in [0.2, 0.25) is 0 Å². The van der Waals surface area contributed by atoms with Crippen LogP contribution in [0.5, 0.6) is 0 Å². The molecule has 0 fully saturated rings. The summed E-state index contributed by atoms with van der Waals surface area (Å²) in [5, 5.41) is 9.09. The normalized spacial score (nSPS) is 12.1. The molecule has 0 amide bonds. The maximum atomic E-state index is 6.95. The number of nitrogens with zero attached hydrogens (tertiary/aromatic N) is 1. The first-order valence-electron chi connectivity index (χ1n) is 19.8. The molecule has 0 atom stereocenters. The Labute approximate surface area is 341 Å². The Hall–Kier alpha value is -7.60. The van der Waals surface area contributed by atoms with Crippen LogP contribution in [0.25, 0.3) is 108 Å². The quantitative estimate of drug-likeness (QED) is 0.175. The van der Waals surface area contributed by atoms with Gasteiger partial charge in [-0.05, 0) is 89.5 Å². The Kier molecular flexibility index (Phi) is 6.85. The van der Waals surface area contributed by atoms with E-state index in [1.807, 2.05) is 35.6 Å². The molecule has 0 saturated heterocycles. The molecule has 4 nitrogen and oxygen atoms in total. The van der Waals surface area contributed by atoms with Crippen LogP contribution in [0.4, 0.5) is 17.1 Å². The summed E-state index contributed by atoms with van der Waals surface area (Å²) < 4.78 is 22.4. The maximum Gasteiger partial charge on any atom is 0.159 e. The third-order valence-corrected chi connectivity index (χ3v) is 13.0. The Bertz CT molecular complexity index is 3810. The highest BCUT2D eigenvalue weighted by Gasteiger charge is 2.22. The topological polar surface area (TPSA) is 42.7 Å². The minimum absolute atomic E-state index is 0.838. The zero-order valence-electron chi connectivity index (χ0n) is 31.5. The number of fused-ring (bicyclic) bond motifs is 13. The first kappa shape index (κ1) is 32.5. The number of rotatable bonds is 5. The van der Waals surface area contributed by atoms with E-state index >= 15 is 0 Å². The van der Waals surface area contributed by atoms with Crippen molar-refractivity contribution in [2.24, 2.45) is 0 Å². The molecule has 0 radical (unpaired) electrons. The van der Waals surface area contributed by atoms with E-state index in [4.69, 9.17) is 13.3 Å². The van der Waals surface area contributed by atoms with Gasteiger partial charge < -0.3 is 18.2 Å². The van der Waals surface area contributed by atoms with E-state index < -0.39 is 0 Å². The summed E-state index contributed by atoms with van der Waals surface area (Å²) in [5.41, 5.74) is 12.6. The molecular weight excluding hydrogens is 743 g/mol. The van der Waals surface area contributed by atoms with Crippen LogP contribution in [0.15, 0.2) is 201 Å². The van der Waals surface area contributed by atoms with Crippen molar-refractivity contribution in [3.63, 3.8) is 0 Å². The fourth-order valence-electron chi connectivity index (χ4n) is 9.15. The highest BCUT2D eigenvalue weighted by molar-refractivity contribution is 7.26. The molecule has 276 valence electrons. The first-order valence-corrected chi connectivity index (χ1v) is 20.6. The number of anilines is 3. The predicted octanol–water partition coefficient (Wildman–Crippen LogP) is 16.6. The zero-order chi connectivity index (χ0) is 38.6. The number of para-hydroxylation sites is 4. The van der Waals surface area contributed by atoms with E-state index in [-0.39, 0.29) is 0 Å². The summed E-state index contributed by atoms with van der Waals surface area (Å²) in [6, 6.07) is 66.5. The molecule has 59 heavy (non-hydrogen) atoms. The highest BCUT2D eigenvalue weighted by Crippen LogP contribution is 2.46. The Morgan fingerprint density at radius 2 is 0.983 bits per heavy atom. The average Bonchev–Trinajstić information content (AvgIpc) is 4.06. The first-order chi connectivity index (χ1) is 29.2. The Morgan fingerprint density at radius 3 is 1.85 bits per heavy atom. The van der Waals surface area contributed by atoms with Gasteiger partial charge in [0.15, 0.2) is 5.58 Å². The van der Waals surface area contributed by atoms with Crippen LogP contribution < -0.4 is 4.90 Å². The highest BCUT2D eigenvalue weighted by atomic mass is 32.1. The minimum Gasteiger partial charge on any atom is -0.456 e. The van der Waals surface area contributed by atoms with E-state index in [1.165, 1.54) is 20.2 Å². The van der Waals surface area contributed by atoms with Crippen molar-refractivity contribution >= 4 is 114 Å². The molecule has 0 spiro atoms. The molecule has 0 saturated carbocycles. The molecule has 0 unspecified atom stereocenters. The third-order valence-electron chi connectivity index (χ3n) is 11.9. The lowest BCUT2D eigenvalue weighted by atomic mass is 10.0. The summed E-state index contributed by atoms with van der Waals surface area (Å²) in [7, 11) is 0. The summed E-state index contributed by atoms with van der Waals surface area (Å²) in [6.07, 6.45) is 0. The van der Waals surface area contributed by atoms with Crippen molar-refractivity contribution in [2.75, 3.05) is 4.90 Å². The molecule has 0 aliphatic rings. The van der Waals surface area contributed by atoms with Gasteiger partial charge in [-0.15, -0.1) is 11.3 Å². The second-order valence-corrected chi connectivity index (χ2v) is 16.3. The molecule has 13 aromatic rings. The molecule has 4 heterocycles. The van der Waals surface area contributed by atoms with Crippen molar-refractivity contribution < 1.29 is 13.3 Å². The van der Waals surface area contributed by atoms with E-state index in [1.54, 1.807) is 0 Å². The minimum atomic E-state index is 0.838. The second-order valence-electron chi connectivity index (χ2n) is 15.2. The molecule has 0 aliphatic heterocycles. The molecule has 0 N–H and O–H groups in total. The number of benzene rings is 9. The lowest BCUT2D eigenvalue weighted by Gasteiger charge is -2.26. The lowest BCUT2D eigenvalue weighted by molar-refractivity contribution is 0.668. The molecule has 4 aromatic heterocycles. The summed E-state index contributed by atoms with van der Waals surface area (Å²) >= 11 is 1.81. The summed E-state index contributed by atoms with van der Waals surface area (Å²) in [5.74, 6) is 0. The standard InChI is InChI=1S/C54H31NO3S/c1-4-19-46-38(12-1)40-27-24-33(31-48(40)56-46)32-22-25-35(26-23-32)55(45-18-9-17-41-39-13-2-5-20-47(39)57-53(41)45)36-11-7-10-34(30-36)37-15-8-16-42-43-28-29-50-51(54(43)58-52(37)42)44-14-3-6-21-49(44)59-50/h1-31H. The van der Waals surface area contributed by atoms with Gasteiger partial charge in [0, 0.05) is 69.4 Å². The van der Waals surface area contributed by atoms with Crippen molar-refractivity contribution in [3.05, 3.63) is 188 Å². The van der Waals surface area contributed by atoms with Gasteiger partial charge in [-0.1, -0.05) is 115 Å². The van der Waals surface area contributed by atoms with E-state index in [9.17, 15) is 0 Å². The van der Waals surface area contributed by atoms with Crippen LogP contribution in [-0.2, 0) is 0 Å². The molecule has 0 aliphatic carbocycles. The summed E-state index contributed by atoms with van der Waals surface area (Å²) in [6.45, 7) is 0. The van der Waals surface area contributed by atoms with Gasteiger partial charge in [-0.2, -0.15) is 0 Å². The van der Waals surface area contributed by atoms with Crippen molar-refractivity contribution in [2.45, 2.75) is 0 Å². The van der Waals surface area contributed by atoms with E-state index in [0.29, 0.717) is 0 Å². The Morgan fingerprint density at radius 1 is 0.339 bits per heavy atom. The fourth-order valence-corrected chi connectivity index (χ4v) is 10.3. The predicted molar refractivity (Wildman–Crippen MR) is 247 cm³/mol. The molecule has 0 bridgehead atoms. The number of furan rings is 3. The van der Waals surface area contributed by atoms with Crippen molar-refractivity contribution in [1.29, 1.82) is 0 Å². The van der Waals surface area contributed by atoms with Crippen LogP contribution >= 0.6 is 11.3 Å². The third kappa shape index (κ3) is 4.89. The smallest absolute Gasteiger partial charge is 0.159 e. The van der Waals surface area contributed by atoms with Crippen LogP contribution in [0, 0.1) is 0 Å². The number of thiophene rings is 1. The van der Waals surface area contributed by atoms with Crippen LogP contribution in [-0.4, -0.2) is 0 Å². The molecule has 5 heteroatoms. The van der Waals surface area contributed by atoms with Gasteiger partial charge in [0.1, 0.15) is 27.9 Å². The number of hydrogen-bond acceptors (Lipinski definition) is 5. The largest absolute Gasteiger partial charge is 0.456 e. The fraction of sp³-hybridized carbons (Fsp3) is 0. The average molecular weight is 774 g/mol. The van der Waals surface area contributed by atoms with Crippen LogP contribution in [0.1, 0.15) is 0 Å². The zero-order valence-corrected chi connectivity index (χ0v) is 32.3. The van der Waals surface area contributed by atoms with Gasteiger partial charge in [0.25, 0.3) is 0 Å². The number of hydrogen-bond donors (Lipinski definition) is 0. The van der Waals surface area contributed by atoms with Crippen LogP contribution in [0.3, 0.4) is 0 Å². The van der Waals surface area contributed by atoms with E-state index in [2.05, 4.69) is 169 Å². The SMILES string of the molecule is c1cc(-c2cccc3c2oc2c3ccc3sc4ccccc4c32)cc(N(c2ccc(-c3ccc4c(c3)oc3ccccc34)cc2)c2cccc3c2oc2ccccc23)c1. The van der Waals surface area contributed by atoms with Gasteiger partial charge in [0.2, 0.25) is 0 Å². The van der Waals surface area contributed by atoms with Crippen molar-refractivity contribution in [1.82, 2.24) is 0 Å². The summed E-state index contributed by atoms with van der Waals surface area (Å²) in [4.78, 5) is 2.31. The van der Waals surface area contributed by atoms with Gasteiger partial charge >= 0.3 is 0 Å². The molecule has 13 rings (SSSR count). The van der Waals surface area contributed by atoms with Gasteiger partial charge in [0.05, 0.1) is 5.69 Å². The lowest BCUT2D eigenvalue weighted by Crippen LogP contribution is -2.10. The Balaban J connectivity index is 0.976. The second kappa shape index (κ2) is 12.4. The van der Waals surface area contributed by atoms with E-state index in [0.717, 1.165) is 105 Å². The maximum absolute atomic E-state index is 6.95. The van der Waals surface area contributed by atoms with Gasteiger partial charge in [-0.25, -0.2) is 0 Å². The van der Waals surface area contributed by atoms with Gasteiger partial charge in [-0.3, -0.25) is 0 Å².